The summed E-state index contributed by atoms with van der Waals surface area (Å²) in [4.78, 5) is 0. The number of benzene rings is 3. The second-order valence-corrected chi connectivity index (χ2v) is 12.3. The van der Waals surface area contributed by atoms with Crippen LogP contribution in [0.25, 0.3) is 45.8 Å². The van der Waals surface area contributed by atoms with E-state index >= 15 is 0 Å². The van der Waals surface area contributed by atoms with Crippen molar-refractivity contribution < 1.29 is 17.3 Å². The van der Waals surface area contributed by atoms with Crippen molar-refractivity contribution in [2.24, 2.45) is 0 Å². The van der Waals surface area contributed by atoms with Gasteiger partial charge in [-0.25, -0.2) is 0 Å². The highest BCUT2D eigenvalue weighted by Crippen LogP contribution is 2.28. The van der Waals surface area contributed by atoms with E-state index in [-0.39, 0.29) is 0 Å². The van der Waals surface area contributed by atoms with Gasteiger partial charge in [0.25, 0.3) is 0 Å². The Kier molecular flexibility index (Phi) is 8.02. The van der Waals surface area contributed by atoms with E-state index in [1.54, 1.807) is 0 Å². The summed E-state index contributed by atoms with van der Waals surface area (Å²) < 4.78 is 31.9. The minimum atomic E-state index is -3.72. The molecule has 0 spiro atoms. The number of hydrogen-bond acceptors (Lipinski definition) is 8. The van der Waals surface area contributed by atoms with Crippen LogP contribution in [0.3, 0.4) is 0 Å². The van der Waals surface area contributed by atoms with Crippen LogP contribution in [0.4, 0.5) is 0 Å². The van der Waals surface area contributed by atoms with Crippen molar-refractivity contribution in [1.29, 1.82) is 0 Å². The molecule has 0 radical (unpaired) electrons. The summed E-state index contributed by atoms with van der Waals surface area (Å²) in [6, 6.07) is 23.0. The molecule has 0 unspecified atom stereocenters. The minimum absolute atomic E-state index is 0.445. The normalized spacial score (nSPS) is 11.1. The van der Waals surface area contributed by atoms with Gasteiger partial charge in [0.05, 0.1) is 0 Å². The lowest BCUT2D eigenvalue weighted by Crippen LogP contribution is -1.81. The molecule has 5 rings (SSSR count). The maximum atomic E-state index is 9.16. The van der Waals surface area contributed by atoms with Crippen LogP contribution in [0, 0.1) is 0 Å². The highest BCUT2D eigenvalue weighted by Gasteiger charge is 2.13. The summed E-state index contributed by atoms with van der Waals surface area (Å²) in [5, 5.41) is 16.6. The SMILES string of the molecule is Brc1ccc(-c2nnc(-c3ccc(-c4nnc(-c5ccc(Br)cc5)o4)cc3)o2)cc1.O=S(=O)(Cl)Cl. The second kappa shape index (κ2) is 11.0. The summed E-state index contributed by atoms with van der Waals surface area (Å²) in [7, 11) is 4.81. The van der Waals surface area contributed by atoms with E-state index in [4.69, 9.17) is 17.3 Å². The number of hydrogen-bond donors (Lipinski definition) is 0. The summed E-state index contributed by atoms with van der Waals surface area (Å²) in [6.07, 6.45) is 0. The van der Waals surface area contributed by atoms with E-state index in [1.165, 1.54) is 0 Å². The fourth-order valence-corrected chi connectivity index (χ4v) is 3.38. The van der Waals surface area contributed by atoms with Gasteiger partial charge in [0.15, 0.2) is 0 Å². The van der Waals surface area contributed by atoms with E-state index in [2.05, 4.69) is 73.6 Å². The lowest BCUT2D eigenvalue weighted by atomic mass is 10.1. The maximum absolute atomic E-state index is 9.16. The maximum Gasteiger partial charge on any atom is 0.317 e. The molecule has 2 aromatic heterocycles. The Balaban J connectivity index is 0.000000527. The molecule has 0 N–H and O–H groups in total. The van der Waals surface area contributed by atoms with Crippen LogP contribution in [0.5, 0.6) is 0 Å². The number of nitrogens with zero attached hydrogens (tertiary/aromatic N) is 4. The fraction of sp³-hybridized carbons (Fsp3) is 0. The fourth-order valence-electron chi connectivity index (χ4n) is 2.85. The van der Waals surface area contributed by atoms with Crippen LogP contribution < -0.4 is 0 Å². The molecule has 0 atom stereocenters. The Labute approximate surface area is 225 Å². The molecule has 8 nitrogen and oxygen atoms in total. The van der Waals surface area contributed by atoms with Gasteiger partial charge in [-0.1, -0.05) is 31.9 Å². The first-order chi connectivity index (χ1) is 16.7. The van der Waals surface area contributed by atoms with Crippen LogP contribution >= 0.6 is 53.2 Å². The standard InChI is InChI=1S/C22H12Br2N4O2.Cl2O2S/c23-17-9-5-15(6-10-17)21-27-25-19(29-21)13-1-2-14(4-3-13)20-26-28-22(30-20)16-7-11-18(24)12-8-16;1-5(2,3)4/h1-12H;. The van der Waals surface area contributed by atoms with Crippen LogP contribution in [-0.2, 0) is 8.26 Å². The molecule has 0 saturated carbocycles. The first-order valence-electron chi connectivity index (χ1n) is 9.59. The van der Waals surface area contributed by atoms with Crippen LogP contribution in [0.1, 0.15) is 0 Å². The van der Waals surface area contributed by atoms with E-state index in [0.717, 1.165) is 31.2 Å². The van der Waals surface area contributed by atoms with Crippen LogP contribution in [-0.4, -0.2) is 28.8 Å². The van der Waals surface area contributed by atoms with E-state index < -0.39 is 8.26 Å². The molecule has 3 aromatic carbocycles. The summed E-state index contributed by atoms with van der Waals surface area (Å²) in [5.74, 6) is 1.83. The zero-order chi connectivity index (χ0) is 25.0. The predicted molar refractivity (Wildman–Crippen MR) is 140 cm³/mol. The van der Waals surface area contributed by atoms with Gasteiger partial charge in [0, 0.05) is 52.6 Å². The molecule has 13 heteroatoms. The van der Waals surface area contributed by atoms with Crippen LogP contribution in [0.2, 0.25) is 0 Å². The van der Waals surface area contributed by atoms with Crippen LogP contribution in [0.15, 0.2) is 90.6 Å². The number of aromatic nitrogens is 4. The third-order valence-electron chi connectivity index (χ3n) is 4.41. The van der Waals surface area contributed by atoms with Crippen molar-refractivity contribution in [1.82, 2.24) is 20.4 Å². The molecule has 0 aliphatic heterocycles. The number of halogens is 4. The highest BCUT2D eigenvalue weighted by molar-refractivity contribution is 9.10. The second-order valence-electron chi connectivity index (χ2n) is 6.79. The van der Waals surface area contributed by atoms with Crippen molar-refractivity contribution in [3.63, 3.8) is 0 Å². The topological polar surface area (TPSA) is 112 Å². The Morgan fingerprint density at radius 3 is 0.943 bits per heavy atom. The average Bonchev–Trinajstić information content (AvgIpc) is 3.50. The van der Waals surface area contributed by atoms with Gasteiger partial charge in [-0.15, -0.1) is 20.4 Å². The Morgan fingerprint density at radius 1 is 0.514 bits per heavy atom. The quantitative estimate of drug-likeness (QED) is 0.184. The highest BCUT2D eigenvalue weighted by atomic mass is 79.9. The Bertz CT molecular complexity index is 1430. The molecule has 0 fully saturated rings. The molecule has 0 saturated heterocycles. The lowest BCUT2D eigenvalue weighted by molar-refractivity contribution is 0.582. The first kappa shape index (κ1) is 25.5. The van der Waals surface area contributed by atoms with Gasteiger partial charge in [0.1, 0.15) is 0 Å². The molecular weight excluding hydrogens is 647 g/mol. The van der Waals surface area contributed by atoms with E-state index in [9.17, 15) is 0 Å². The van der Waals surface area contributed by atoms with Gasteiger partial charge in [-0.2, -0.15) is 8.42 Å². The average molecular weight is 659 g/mol. The monoisotopic (exact) mass is 656 g/mol. The Hall–Kier alpha value is -2.57. The molecule has 0 bridgehead atoms. The molecule has 178 valence electrons. The summed E-state index contributed by atoms with van der Waals surface area (Å²) in [6.45, 7) is 0. The molecule has 0 aliphatic carbocycles. The lowest BCUT2D eigenvalue weighted by Gasteiger charge is -1.98. The van der Waals surface area contributed by atoms with E-state index in [0.29, 0.717) is 23.6 Å². The smallest absolute Gasteiger partial charge is 0.317 e. The van der Waals surface area contributed by atoms with E-state index in [1.807, 2.05) is 72.8 Å². The van der Waals surface area contributed by atoms with Crippen molar-refractivity contribution in [2.75, 3.05) is 0 Å². The molecule has 0 aliphatic rings. The summed E-state index contributed by atoms with van der Waals surface area (Å²) in [5.41, 5.74) is 3.34. The van der Waals surface area contributed by atoms with Crippen molar-refractivity contribution in [3.8, 4) is 45.8 Å². The molecule has 35 heavy (non-hydrogen) atoms. The summed E-state index contributed by atoms with van der Waals surface area (Å²) >= 11 is 6.84. The minimum Gasteiger partial charge on any atom is -0.416 e. The van der Waals surface area contributed by atoms with Gasteiger partial charge >= 0.3 is 8.26 Å². The van der Waals surface area contributed by atoms with Crippen molar-refractivity contribution in [2.45, 2.75) is 0 Å². The molecule has 2 heterocycles. The zero-order valence-electron chi connectivity index (χ0n) is 17.3. The molecule has 0 amide bonds. The van der Waals surface area contributed by atoms with Crippen molar-refractivity contribution in [3.05, 3.63) is 81.7 Å². The molecular formula is C22H12Br2Cl2N4O4S. The van der Waals surface area contributed by atoms with Gasteiger partial charge in [-0.3, -0.25) is 0 Å². The Morgan fingerprint density at radius 2 is 0.714 bits per heavy atom. The third kappa shape index (κ3) is 7.21. The van der Waals surface area contributed by atoms with Crippen molar-refractivity contribution >= 4 is 61.5 Å². The largest absolute Gasteiger partial charge is 0.416 e. The van der Waals surface area contributed by atoms with Gasteiger partial charge in [0.2, 0.25) is 23.6 Å². The van der Waals surface area contributed by atoms with Gasteiger partial charge in [-0.05, 0) is 72.8 Å². The first-order valence-corrected chi connectivity index (χ1v) is 14.3. The predicted octanol–water partition coefficient (Wildman–Crippen LogP) is 7.35. The zero-order valence-corrected chi connectivity index (χ0v) is 22.8. The molecule has 5 aromatic rings. The third-order valence-corrected chi connectivity index (χ3v) is 5.47. The number of rotatable bonds is 4. The van der Waals surface area contributed by atoms with Gasteiger partial charge < -0.3 is 8.83 Å².